The number of nitrogens with zero attached hydrogens (tertiary/aromatic N) is 1. The van der Waals surface area contributed by atoms with E-state index in [2.05, 4.69) is 19.9 Å². The molecule has 0 bridgehead atoms. The van der Waals surface area contributed by atoms with E-state index in [1.807, 2.05) is 24.0 Å². The molecule has 0 atom stereocenters. The van der Waals surface area contributed by atoms with E-state index in [0.29, 0.717) is 11.7 Å². The molecule has 0 aliphatic carbocycles. The van der Waals surface area contributed by atoms with E-state index < -0.39 is 0 Å². The molecule has 1 aromatic carbocycles. The lowest BCUT2D eigenvalue weighted by molar-refractivity contribution is 0.142. The second kappa shape index (κ2) is 6.09. The highest BCUT2D eigenvalue weighted by atomic mass is 16.6. The van der Waals surface area contributed by atoms with Crippen molar-refractivity contribution in [2.45, 2.75) is 46.0 Å². The molecule has 0 aromatic heterocycles. The average molecular weight is 261 g/mol. The number of likely N-dealkylation sites (tertiary alicyclic amines) is 1. The van der Waals surface area contributed by atoms with Crippen molar-refractivity contribution in [3.05, 3.63) is 29.3 Å². The number of benzene rings is 1. The Morgan fingerprint density at radius 2 is 1.89 bits per heavy atom. The van der Waals surface area contributed by atoms with Crippen LogP contribution in [0.1, 0.15) is 50.2 Å². The Labute approximate surface area is 115 Å². The van der Waals surface area contributed by atoms with Gasteiger partial charge in [-0.05, 0) is 49.3 Å². The third-order valence-corrected chi connectivity index (χ3v) is 3.69. The molecule has 0 unspecified atom stereocenters. The fourth-order valence-corrected chi connectivity index (χ4v) is 2.32. The zero-order valence-corrected chi connectivity index (χ0v) is 12.1. The van der Waals surface area contributed by atoms with Gasteiger partial charge in [-0.15, -0.1) is 0 Å². The van der Waals surface area contributed by atoms with Crippen LogP contribution in [-0.2, 0) is 0 Å². The van der Waals surface area contributed by atoms with Crippen molar-refractivity contribution in [1.82, 2.24) is 4.90 Å². The smallest absolute Gasteiger partial charge is 0.410 e. The summed E-state index contributed by atoms with van der Waals surface area (Å²) in [6.07, 6.45) is 3.18. The van der Waals surface area contributed by atoms with Crippen molar-refractivity contribution >= 4 is 6.09 Å². The molecule has 19 heavy (non-hydrogen) atoms. The normalized spacial score (nSPS) is 15.7. The molecule has 1 saturated heterocycles. The first-order valence-electron chi connectivity index (χ1n) is 7.15. The van der Waals surface area contributed by atoms with Gasteiger partial charge in [0.25, 0.3) is 0 Å². The van der Waals surface area contributed by atoms with Crippen LogP contribution in [0.3, 0.4) is 0 Å². The first-order valence-corrected chi connectivity index (χ1v) is 7.15. The molecule has 1 aromatic rings. The summed E-state index contributed by atoms with van der Waals surface area (Å²) in [7, 11) is 0. The molecule has 0 radical (unpaired) electrons. The van der Waals surface area contributed by atoms with Crippen LogP contribution in [0.2, 0.25) is 0 Å². The summed E-state index contributed by atoms with van der Waals surface area (Å²) in [4.78, 5) is 13.9. The molecular weight excluding hydrogens is 238 g/mol. The van der Waals surface area contributed by atoms with Crippen molar-refractivity contribution in [2.24, 2.45) is 0 Å². The summed E-state index contributed by atoms with van der Waals surface area (Å²) in [6.45, 7) is 7.90. The number of carbonyl (C=O) groups is 1. The summed E-state index contributed by atoms with van der Waals surface area (Å²) in [5.41, 5.74) is 2.21. The van der Waals surface area contributed by atoms with Crippen molar-refractivity contribution in [3.63, 3.8) is 0 Å². The minimum Gasteiger partial charge on any atom is -0.410 e. The zero-order valence-electron chi connectivity index (χ0n) is 12.1. The first-order chi connectivity index (χ1) is 9.08. The summed E-state index contributed by atoms with van der Waals surface area (Å²) < 4.78 is 5.56. The number of rotatable bonds is 2. The van der Waals surface area contributed by atoms with Gasteiger partial charge < -0.3 is 9.64 Å². The molecule has 3 nitrogen and oxygen atoms in total. The van der Waals surface area contributed by atoms with Crippen molar-refractivity contribution in [2.75, 3.05) is 13.1 Å². The first kappa shape index (κ1) is 13.9. The Balaban J connectivity index is 2.09. The summed E-state index contributed by atoms with van der Waals surface area (Å²) in [6, 6.07) is 6.11. The molecule has 1 aliphatic heterocycles. The molecular formula is C16H23NO2. The van der Waals surface area contributed by atoms with Gasteiger partial charge in [0.15, 0.2) is 0 Å². The predicted octanol–water partition coefficient (Wildman–Crippen LogP) is 4.10. The highest BCUT2D eigenvalue weighted by Gasteiger charge is 2.19. The minimum absolute atomic E-state index is 0.205. The Hall–Kier alpha value is -1.51. The predicted molar refractivity (Wildman–Crippen MR) is 76.7 cm³/mol. The van der Waals surface area contributed by atoms with E-state index >= 15 is 0 Å². The molecule has 0 N–H and O–H groups in total. The Bertz CT molecular complexity index is 448. The number of hydrogen-bond acceptors (Lipinski definition) is 2. The lowest BCUT2D eigenvalue weighted by Gasteiger charge is -2.26. The number of piperidine rings is 1. The third-order valence-electron chi connectivity index (χ3n) is 3.69. The zero-order chi connectivity index (χ0) is 13.8. The van der Waals surface area contributed by atoms with Crippen LogP contribution in [-0.4, -0.2) is 24.1 Å². The van der Waals surface area contributed by atoms with Crippen molar-refractivity contribution in [3.8, 4) is 5.75 Å². The van der Waals surface area contributed by atoms with Gasteiger partial charge in [-0.25, -0.2) is 4.79 Å². The maximum Gasteiger partial charge on any atom is 0.415 e. The largest absolute Gasteiger partial charge is 0.415 e. The van der Waals surface area contributed by atoms with Gasteiger partial charge in [-0.2, -0.15) is 0 Å². The van der Waals surface area contributed by atoms with Gasteiger partial charge in [-0.3, -0.25) is 0 Å². The number of hydrogen-bond donors (Lipinski definition) is 0. The van der Waals surface area contributed by atoms with Gasteiger partial charge >= 0.3 is 6.09 Å². The lowest BCUT2D eigenvalue weighted by atomic mass is 10.0. The van der Waals surface area contributed by atoms with Gasteiger partial charge in [0.05, 0.1) is 0 Å². The molecule has 1 amide bonds. The molecule has 0 saturated carbocycles. The quantitative estimate of drug-likeness (QED) is 0.802. The number of amides is 1. The highest BCUT2D eigenvalue weighted by Crippen LogP contribution is 2.25. The SMILES string of the molecule is Cc1ccc(C(C)C)cc1OC(=O)N1CCCCC1. The summed E-state index contributed by atoms with van der Waals surface area (Å²) >= 11 is 0. The maximum absolute atomic E-state index is 12.1. The summed E-state index contributed by atoms with van der Waals surface area (Å²) in [5, 5.41) is 0. The van der Waals surface area contributed by atoms with Crippen molar-refractivity contribution < 1.29 is 9.53 Å². The molecule has 104 valence electrons. The van der Waals surface area contributed by atoms with Crippen molar-refractivity contribution in [1.29, 1.82) is 0 Å². The van der Waals surface area contributed by atoms with Crippen LogP contribution >= 0.6 is 0 Å². The second-order valence-electron chi connectivity index (χ2n) is 5.60. The Morgan fingerprint density at radius 3 is 2.53 bits per heavy atom. The topological polar surface area (TPSA) is 29.5 Å². The van der Waals surface area contributed by atoms with Gasteiger partial charge in [0.2, 0.25) is 0 Å². The lowest BCUT2D eigenvalue weighted by Crippen LogP contribution is -2.37. The molecule has 2 rings (SSSR count). The molecule has 0 spiro atoms. The van der Waals surface area contributed by atoms with Crippen LogP contribution in [0, 0.1) is 6.92 Å². The Morgan fingerprint density at radius 1 is 1.21 bits per heavy atom. The fourth-order valence-electron chi connectivity index (χ4n) is 2.32. The molecule has 1 aliphatic rings. The van der Waals surface area contributed by atoms with Crippen LogP contribution in [0.15, 0.2) is 18.2 Å². The molecule has 1 fully saturated rings. The Kier molecular flexibility index (Phi) is 4.46. The standard InChI is InChI=1S/C16H23NO2/c1-12(2)14-8-7-13(3)15(11-14)19-16(18)17-9-5-4-6-10-17/h7-8,11-12H,4-6,9-10H2,1-3H3. The number of ether oxygens (including phenoxy) is 1. The van der Waals surface area contributed by atoms with Crippen LogP contribution in [0.25, 0.3) is 0 Å². The minimum atomic E-state index is -0.205. The van der Waals surface area contributed by atoms with Crippen LogP contribution < -0.4 is 4.74 Å². The molecule has 1 heterocycles. The van der Waals surface area contributed by atoms with E-state index in [1.54, 1.807) is 0 Å². The van der Waals surface area contributed by atoms with E-state index in [9.17, 15) is 4.79 Å². The monoisotopic (exact) mass is 261 g/mol. The number of carbonyl (C=O) groups excluding carboxylic acids is 1. The van der Waals surface area contributed by atoms with Gasteiger partial charge in [0, 0.05) is 13.1 Å². The van der Waals surface area contributed by atoms with Gasteiger partial charge in [-0.1, -0.05) is 26.0 Å². The highest BCUT2D eigenvalue weighted by molar-refractivity contribution is 5.71. The van der Waals surface area contributed by atoms with Crippen LogP contribution in [0.4, 0.5) is 4.79 Å². The fraction of sp³-hybridized carbons (Fsp3) is 0.562. The average Bonchev–Trinajstić information content (AvgIpc) is 2.42. The third kappa shape index (κ3) is 3.49. The molecule has 3 heteroatoms. The van der Waals surface area contributed by atoms with E-state index in [4.69, 9.17) is 4.74 Å². The number of aryl methyl sites for hydroxylation is 1. The van der Waals surface area contributed by atoms with Gasteiger partial charge in [0.1, 0.15) is 5.75 Å². The van der Waals surface area contributed by atoms with E-state index in [1.165, 1.54) is 12.0 Å². The van der Waals surface area contributed by atoms with Crippen LogP contribution in [0.5, 0.6) is 5.75 Å². The summed E-state index contributed by atoms with van der Waals surface area (Å²) in [5.74, 6) is 1.13. The maximum atomic E-state index is 12.1. The van der Waals surface area contributed by atoms with E-state index in [-0.39, 0.29) is 6.09 Å². The van der Waals surface area contributed by atoms with E-state index in [0.717, 1.165) is 31.5 Å². The second-order valence-corrected chi connectivity index (χ2v) is 5.60.